The van der Waals surface area contributed by atoms with Crippen LogP contribution in [0.15, 0.2) is 11.3 Å². The van der Waals surface area contributed by atoms with Gasteiger partial charge in [-0.05, 0) is 19.3 Å². The average Bonchev–Trinajstić information content (AvgIpc) is 2.65. The van der Waals surface area contributed by atoms with E-state index < -0.39 is 42.3 Å². The van der Waals surface area contributed by atoms with Gasteiger partial charge in [-0.15, -0.1) is 0 Å². The Hall–Kier alpha value is -2.38. The molecule has 30 heavy (non-hydrogen) atoms. The summed E-state index contributed by atoms with van der Waals surface area (Å²) in [6.45, 7) is 6.01. The summed E-state index contributed by atoms with van der Waals surface area (Å²) in [5, 5.41) is 0. The van der Waals surface area contributed by atoms with Gasteiger partial charge in [-0.1, -0.05) is 26.2 Å². The van der Waals surface area contributed by atoms with E-state index in [1.807, 2.05) is 0 Å². The molecular weight excluding hydrogens is 392 g/mol. The van der Waals surface area contributed by atoms with Crippen LogP contribution >= 0.6 is 0 Å². The number of ether oxygens (including phenoxy) is 4. The SMILES string of the molecule is CCCCCC[C@H](OC(C)=O)[C@@H]1C[C@@H](OC(C)=O)C2=C(O1)[C@@H](OC(C)=O)CCC2=O. The summed E-state index contributed by atoms with van der Waals surface area (Å²) < 4.78 is 22.4. The van der Waals surface area contributed by atoms with Crippen molar-refractivity contribution in [2.75, 3.05) is 0 Å². The molecule has 0 amide bonds. The molecule has 1 aliphatic heterocycles. The lowest BCUT2D eigenvalue weighted by Crippen LogP contribution is -2.46. The number of carbonyl (C=O) groups excluding carboxylic acids is 4. The standard InChI is InChI=1S/C22H32O8/c1-5-6-7-8-9-17(27-13(2)23)19-12-20(29-15(4)25)21-16(26)10-11-18(22(21)30-19)28-14(3)24/h17-20H,5-12H2,1-4H3/t17-,18-,19-,20+/m0/s1. The molecule has 1 heterocycles. The zero-order valence-corrected chi connectivity index (χ0v) is 18.2. The predicted molar refractivity (Wildman–Crippen MR) is 106 cm³/mol. The van der Waals surface area contributed by atoms with Gasteiger partial charge in [-0.25, -0.2) is 0 Å². The van der Waals surface area contributed by atoms with Crippen molar-refractivity contribution in [2.45, 2.75) is 103 Å². The van der Waals surface area contributed by atoms with Crippen molar-refractivity contribution in [1.29, 1.82) is 0 Å². The van der Waals surface area contributed by atoms with Gasteiger partial charge in [0.05, 0.1) is 5.57 Å². The molecule has 168 valence electrons. The highest BCUT2D eigenvalue weighted by atomic mass is 16.6. The Labute approximate surface area is 177 Å². The largest absolute Gasteiger partial charge is 0.486 e. The van der Waals surface area contributed by atoms with Gasteiger partial charge >= 0.3 is 17.9 Å². The molecule has 0 saturated heterocycles. The van der Waals surface area contributed by atoms with E-state index in [4.69, 9.17) is 18.9 Å². The molecule has 8 nitrogen and oxygen atoms in total. The van der Waals surface area contributed by atoms with Crippen LogP contribution in [-0.2, 0) is 38.1 Å². The fourth-order valence-electron chi connectivity index (χ4n) is 4.01. The van der Waals surface area contributed by atoms with E-state index in [0.29, 0.717) is 12.8 Å². The molecule has 0 spiro atoms. The maximum absolute atomic E-state index is 12.6. The van der Waals surface area contributed by atoms with Crippen LogP contribution in [0.2, 0.25) is 0 Å². The van der Waals surface area contributed by atoms with Gasteiger partial charge in [0.1, 0.15) is 24.1 Å². The summed E-state index contributed by atoms with van der Waals surface area (Å²) >= 11 is 0. The molecule has 0 saturated carbocycles. The number of esters is 3. The molecule has 0 fully saturated rings. The third kappa shape index (κ3) is 6.57. The van der Waals surface area contributed by atoms with Crippen LogP contribution in [0.5, 0.6) is 0 Å². The summed E-state index contributed by atoms with van der Waals surface area (Å²) in [6.07, 6.45) is 2.54. The molecule has 0 aromatic carbocycles. The summed E-state index contributed by atoms with van der Waals surface area (Å²) in [5.41, 5.74) is 0.242. The van der Waals surface area contributed by atoms with Crippen molar-refractivity contribution < 1.29 is 38.1 Å². The maximum atomic E-state index is 12.6. The number of carbonyl (C=O) groups is 4. The third-order valence-electron chi connectivity index (χ3n) is 5.23. The second-order valence-electron chi connectivity index (χ2n) is 7.83. The highest BCUT2D eigenvalue weighted by molar-refractivity contribution is 5.98. The van der Waals surface area contributed by atoms with E-state index in [-0.39, 0.29) is 30.0 Å². The molecule has 0 radical (unpaired) electrons. The average molecular weight is 424 g/mol. The van der Waals surface area contributed by atoms with E-state index in [1.54, 1.807) is 0 Å². The first-order valence-corrected chi connectivity index (χ1v) is 10.7. The Morgan fingerprint density at radius 3 is 2.27 bits per heavy atom. The first-order chi connectivity index (χ1) is 14.2. The lowest BCUT2D eigenvalue weighted by atomic mass is 9.84. The Morgan fingerprint density at radius 1 is 1.00 bits per heavy atom. The minimum absolute atomic E-state index is 0.174. The molecule has 0 aromatic heterocycles. The molecule has 2 rings (SSSR count). The quantitative estimate of drug-likeness (QED) is 0.316. The second-order valence-corrected chi connectivity index (χ2v) is 7.83. The molecule has 1 aliphatic carbocycles. The van der Waals surface area contributed by atoms with Gasteiger partial charge in [0, 0.05) is 33.6 Å². The Balaban J connectivity index is 2.32. The number of hydrogen-bond donors (Lipinski definition) is 0. The molecule has 0 bridgehead atoms. The van der Waals surface area contributed by atoms with E-state index in [2.05, 4.69) is 6.92 Å². The highest BCUT2D eigenvalue weighted by Gasteiger charge is 2.45. The molecule has 0 unspecified atom stereocenters. The van der Waals surface area contributed by atoms with Crippen LogP contribution in [0.3, 0.4) is 0 Å². The van der Waals surface area contributed by atoms with Crippen molar-refractivity contribution in [3.63, 3.8) is 0 Å². The summed E-state index contributed by atoms with van der Waals surface area (Å²) in [7, 11) is 0. The van der Waals surface area contributed by atoms with Crippen LogP contribution in [0.4, 0.5) is 0 Å². The van der Waals surface area contributed by atoms with Gasteiger partial charge in [0.25, 0.3) is 0 Å². The van der Waals surface area contributed by atoms with Crippen LogP contribution < -0.4 is 0 Å². The fourth-order valence-corrected chi connectivity index (χ4v) is 4.01. The van der Waals surface area contributed by atoms with E-state index in [1.165, 1.54) is 20.8 Å². The van der Waals surface area contributed by atoms with Crippen LogP contribution in [-0.4, -0.2) is 48.1 Å². The van der Waals surface area contributed by atoms with Gasteiger partial charge in [0.15, 0.2) is 11.9 Å². The lowest BCUT2D eigenvalue weighted by Gasteiger charge is -2.40. The van der Waals surface area contributed by atoms with Gasteiger partial charge < -0.3 is 18.9 Å². The van der Waals surface area contributed by atoms with Crippen LogP contribution in [0.1, 0.15) is 79.1 Å². The normalized spacial score (nSPS) is 24.4. The fraction of sp³-hybridized carbons (Fsp3) is 0.727. The number of Topliss-reactive ketones (excluding diaryl/α,β-unsaturated/α-hetero) is 1. The summed E-state index contributed by atoms with van der Waals surface area (Å²) in [6, 6.07) is 0. The molecule has 0 N–H and O–H groups in total. The monoisotopic (exact) mass is 424 g/mol. The zero-order chi connectivity index (χ0) is 22.3. The number of unbranched alkanes of at least 4 members (excludes halogenated alkanes) is 3. The van der Waals surface area contributed by atoms with Crippen molar-refractivity contribution in [2.24, 2.45) is 0 Å². The van der Waals surface area contributed by atoms with Crippen molar-refractivity contribution in [1.82, 2.24) is 0 Å². The van der Waals surface area contributed by atoms with Crippen LogP contribution in [0.25, 0.3) is 0 Å². The van der Waals surface area contributed by atoms with Crippen LogP contribution in [0, 0.1) is 0 Å². The van der Waals surface area contributed by atoms with E-state index in [0.717, 1.165) is 25.7 Å². The minimum Gasteiger partial charge on any atom is -0.486 e. The van der Waals surface area contributed by atoms with E-state index >= 15 is 0 Å². The van der Waals surface area contributed by atoms with Crippen molar-refractivity contribution >= 4 is 23.7 Å². The van der Waals surface area contributed by atoms with Gasteiger partial charge in [0.2, 0.25) is 0 Å². The smallest absolute Gasteiger partial charge is 0.303 e. The first-order valence-electron chi connectivity index (χ1n) is 10.7. The maximum Gasteiger partial charge on any atom is 0.303 e. The first kappa shape index (κ1) is 23.9. The Kier molecular flexibility index (Phi) is 8.87. The number of rotatable bonds is 9. The predicted octanol–water partition coefficient (Wildman–Crippen LogP) is 3.16. The summed E-state index contributed by atoms with van der Waals surface area (Å²) in [5.74, 6) is -1.42. The zero-order valence-electron chi connectivity index (χ0n) is 18.2. The van der Waals surface area contributed by atoms with Gasteiger partial charge in [-0.2, -0.15) is 0 Å². The Morgan fingerprint density at radius 2 is 1.67 bits per heavy atom. The Bertz CT molecular complexity index is 695. The van der Waals surface area contributed by atoms with Crippen molar-refractivity contribution in [3.05, 3.63) is 11.3 Å². The van der Waals surface area contributed by atoms with Crippen molar-refractivity contribution in [3.8, 4) is 0 Å². The third-order valence-corrected chi connectivity index (χ3v) is 5.23. The molecule has 0 aromatic rings. The minimum atomic E-state index is -0.823. The molecule has 8 heteroatoms. The topological polar surface area (TPSA) is 105 Å². The summed E-state index contributed by atoms with van der Waals surface area (Å²) in [4.78, 5) is 47.5. The second kappa shape index (κ2) is 11.1. The number of ketones is 1. The van der Waals surface area contributed by atoms with Gasteiger partial charge in [-0.3, -0.25) is 19.2 Å². The number of hydrogen-bond acceptors (Lipinski definition) is 8. The van der Waals surface area contributed by atoms with E-state index in [9.17, 15) is 19.2 Å². The lowest BCUT2D eigenvalue weighted by molar-refractivity contribution is -0.166. The highest BCUT2D eigenvalue weighted by Crippen LogP contribution is 2.38. The molecule has 2 aliphatic rings. The molecular formula is C22H32O8. The molecule has 4 atom stereocenters.